The predicted molar refractivity (Wildman–Crippen MR) is 114 cm³/mol. The van der Waals surface area contributed by atoms with Crippen molar-refractivity contribution < 1.29 is 19.1 Å². The molecule has 31 heavy (non-hydrogen) atoms. The smallest absolute Gasteiger partial charge is 0.305 e. The highest BCUT2D eigenvalue weighted by Crippen LogP contribution is 2.25. The first kappa shape index (κ1) is 22.2. The lowest BCUT2D eigenvalue weighted by Crippen LogP contribution is -2.45. The predicted octanol–water partition coefficient (Wildman–Crippen LogP) is 3.04. The van der Waals surface area contributed by atoms with Crippen molar-refractivity contribution in [1.82, 2.24) is 15.4 Å². The molecule has 0 saturated carbocycles. The summed E-state index contributed by atoms with van der Waals surface area (Å²) >= 11 is 0. The monoisotopic (exact) mass is 424 g/mol. The van der Waals surface area contributed by atoms with Crippen molar-refractivity contribution in [1.29, 1.82) is 0 Å². The van der Waals surface area contributed by atoms with Gasteiger partial charge in [-0.3, -0.25) is 14.6 Å². The Labute approximate surface area is 180 Å². The highest BCUT2D eigenvalue weighted by Gasteiger charge is 2.28. The van der Waals surface area contributed by atoms with Gasteiger partial charge in [-0.2, -0.15) is 0 Å². The summed E-state index contributed by atoms with van der Waals surface area (Å²) in [6.07, 6.45) is 7.15. The SMILES string of the molecule is C#CCCC(=O)N(NCc1ccc2c(n1)NCCC2)[C@@H](CC(=O)O)c1cccc(F)c1. The third kappa shape index (κ3) is 6.03. The fourth-order valence-electron chi connectivity index (χ4n) is 3.54. The molecule has 1 aliphatic rings. The number of carboxylic acid groups (broad SMARTS) is 1. The number of nitrogens with zero attached hydrogens (tertiary/aromatic N) is 2. The fraction of sp³-hybridized carbons (Fsp3) is 0.348. The molecule has 0 spiro atoms. The van der Waals surface area contributed by atoms with Crippen molar-refractivity contribution in [3.05, 3.63) is 59.0 Å². The number of aliphatic carboxylic acids is 1. The zero-order valence-electron chi connectivity index (χ0n) is 17.1. The lowest BCUT2D eigenvalue weighted by molar-refractivity contribution is -0.143. The van der Waals surface area contributed by atoms with E-state index in [1.807, 2.05) is 12.1 Å². The summed E-state index contributed by atoms with van der Waals surface area (Å²) in [4.78, 5) is 29.0. The van der Waals surface area contributed by atoms with E-state index in [0.29, 0.717) is 11.3 Å². The number of carbonyl (C=O) groups excluding carboxylic acids is 1. The van der Waals surface area contributed by atoms with Gasteiger partial charge in [-0.25, -0.2) is 14.8 Å². The number of anilines is 1. The van der Waals surface area contributed by atoms with Gasteiger partial charge in [0.2, 0.25) is 5.91 Å². The van der Waals surface area contributed by atoms with Gasteiger partial charge >= 0.3 is 5.97 Å². The van der Waals surface area contributed by atoms with Crippen LogP contribution in [-0.2, 0) is 22.6 Å². The average Bonchev–Trinajstić information content (AvgIpc) is 2.76. The van der Waals surface area contributed by atoms with E-state index in [4.69, 9.17) is 6.42 Å². The number of terminal acetylenes is 1. The number of hydrazine groups is 1. The number of halogens is 1. The van der Waals surface area contributed by atoms with Crippen LogP contribution in [0.1, 0.15) is 48.5 Å². The van der Waals surface area contributed by atoms with E-state index in [-0.39, 0.29) is 25.3 Å². The van der Waals surface area contributed by atoms with E-state index in [9.17, 15) is 19.1 Å². The summed E-state index contributed by atoms with van der Waals surface area (Å²) in [7, 11) is 0. The number of hydrogen-bond donors (Lipinski definition) is 3. The minimum absolute atomic E-state index is 0.0358. The molecule has 1 atom stereocenters. The molecule has 8 heteroatoms. The van der Waals surface area contributed by atoms with E-state index in [1.165, 1.54) is 23.2 Å². The van der Waals surface area contributed by atoms with Crippen molar-refractivity contribution in [3.63, 3.8) is 0 Å². The van der Waals surface area contributed by atoms with Gasteiger partial charge in [0.25, 0.3) is 0 Å². The Morgan fingerprint density at radius 3 is 2.94 bits per heavy atom. The number of benzene rings is 1. The molecular formula is C23H25FN4O3. The van der Waals surface area contributed by atoms with Gasteiger partial charge in [-0.1, -0.05) is 18.2 Å². The maximum absolute atomic E-state index is 13.8. The van der Waals surface area contributed by atoms with Gasteiger partial charge in [0.1, 0.15) is 11.6 Å². The number of carboxylic acids is 1. The number of amides is 1. The highest BCUT2D eigenvalue weighted by molar-refractivity contribution is 5.77. The molecule has 3 rings (SSSR count). The van der Waals surface area contributed by atoms with Crippen molar-refractivity contribution in [2.75, 3.05) is 11.9 Å². The Kier molecular flexibility index (Phi) is 7.57. The first-order valence-corrected chi connectivity index (χ1v) is 10.2. The summed E-state index contributed by atoms with van der Waals surface area (Å²) in [6.45, 7) is 1.05. The number of pyridine rings is 1. The largest absolute Gasteiger partial charge is 0.481 e. The van der Waals surface area contributed by atoms with Gasteiger partial charge in [0.05, 0.1) is 24.7 Å². The zero-order chi connectivity index (χ0) is 22.2. The summed E-state index contributed by atoms with van der Waals surface area (Å²) < 4.78 is 13.8. The molecule has 0 unspecified atom stereocenters. The molecule has 0 fully saturated rings. The van der Waals surface area contributed by atoms with E-state index in [0.717, 1.165) is 30.8 Å². The van der Waals surface area contributed by atoms with E-state index in [1.54, 1.807) is 6.07 Å². The normalized spacial score (nSPS) is 13.4. The Balaban J connectivity index is 1.85. The number of aromatic nitrogens is 1. The standard InChI is InChI=1S/C23H25FN4O3/c1-2-3-9-21(29)28(20(14-22(30)31)17-6-4-8-18(24)13-17)26-15-19-11-10-16-7-5-12-25-23(16)27-19/h1,4,6,8,10-11,13,20,26H,3,5,7,9,12,14-15H2,(H,25,27)(H,30,31)/t20-/m0/s1. The molecule has 0 bridgehead atoms. The van der Waals surface area contributed by atoms with Crippen LogP contribution in [0, 0.1) is 18.2 Å². The van der Waals surface area contributed by atoms with Crippen LogP contribution in [0.4, 0.5) is 10.2 Å². The highest BCUT2D eigenvalue weighted by atomic mass is 19.1. The zero-order valence-corrected chi connectivity index (χ0v) is 17.1. The van der Waals surface area contributed by atoms with Gasteiger partial charge in [0.15, 0.2) is 0 Å². The summed E-state index contributed by atoms with van der Waals surface area (Å²) in [6, 6.07) is 8.55. The third-order valence-corrected chi connectivity index (χ3v) is 5.05. The van der Waals surface area contributed by atoms with Gasteiger partial charge in [-0.05, 0) is 42.2 Å². The Morgan fingerprint density at radius 2 is 2.19 bits per heavy atom. The van der Waals surface area contributed by atoms with Crippen LogP contribution >= 0.6 is 0 Å². The molecule has 1 amide bonds. The van der Waals surface area contributed by atoms with Crippen LogP contribution < -0.4 is 10.7 Å². The maximum atomic E-state index is 13.8. The summed E-state index contributed by atoms with van der Waals surface area (Å²) in [5, 5.41) is 13.9. The van der Waals surface area contributed by atoms with E-state index >= 15 is 0 Å². The van der Waals surface area contributed by atoms with Crippen LogP contribution in [0.3, 0.4) is 0 Å². The molecule has 2 aromatic rings. The van der Waals surface area contributed by atoms with Crippen LogP contribution in [0.2, 0.25) is 0 Å². The molecule has 0 saturated heterocycles. The number of fused-ring (bicyclic) bond motifs is 1. The molecule has 3 N–H and O–H groups in total. The summed E-state index contributed by atoms with van der Waals surface area (Å²) in [5.74, 6) is 1.25. The van der Waals surface area contributed by atoms with Crippen LogP contribution in [-0.4, -0.2) is 33.5 Å². The van der Waals surface area contributed by atoms with Crippen molar-refractivity contribution in [2.45, 2.75) is 44.7 Å². The topological polar surface area (TPSA) is 94.6 Å². The minimum atomic E-state index is -1.11. The van der Waals surface area contributed by atoms with E-state index < -0.39 is 24.2 Å². The minimum Gasteiger partial charge on any atom is -0.481 e. The maximum Gasteiger partial charge on any atom is 0.305 e. The Hall–Kier alpha value is -3.44. The van der Waals surface area contributed by atoms with Gasteiger partial charge in [0, 0.05) is 19.4 Å². The molecule has 1 aromatic heterocycles. The molecule has 162 valence electrons. The number of aryl methyl sites for hydroxylation is 1. The van der Waals surface area contributed by atoms with Crippen molar-refractivity contribution in [3.8, 4) is 12.3 Å². The van der Waals surface area contributed by atoms with Gasteiger partial charge < -0.3 is 10.4 Å². The number of nitrogens with one attached hydrogen (secondary N) is 2. The number of hydrogen-bond acceptors (Lipinski definition) is 5. The number of rotatable bonds is 9. The molecule has 1 aromatic carbocycles. The molecular weight excluding hydrogens is 399 g/mol. The molecule has 2 heterocycles. The molecule has 1 aliphatic heterocycles. The lowest BCUT2D eigenvalue weighted by atomic mass is 10.0. The molecule has 0 aliphatic carbocycles. The number of carbonyl (C=O) groups is 2. The lowest BCUT2D eigenvalue weighted by Gasteiger charge is -2.32. The molecule has 7 nitrogen and oxygen atoms in total. The second-order valence-corrected chi connectivity index (χ2v) is 7.31. The van der Waals surface area contributed by atoms with Gasteiger partial charge in [-0.15, -0.1) is 12.3 Å². The van der Waals surface area contributed by atoms with Crippen molar-refractivity contribution in [2.24, 2.45) is 0 Å². The second kappa shape index (κ2) is 10.5. The van der Waals surface area contributed by atoms with Crippen LogP contribution in [0.15, 0.2) is 36.4 Å². The first-order chi connectivity index (χ1) is 15.0. The van der Waals surface area contributed by atoms with E-state index in [2.05, 4.69) is 21.6 Å². The Morgan fingerprint density at radius 1 is 1.35 bits per heavy atom. The second-order valence-electron chi connectivity index (χ2n) is 7.31. The third-order valence-electron chi connectivity index (χ3n) is 5.05. The van der Waals surface area contributed by atoms with Crippen LogP contribution in [0.5, 0.6) is 0 Å². The van der Waals surface area contributed by atoms with Crippen LogP contribution in [0.25, 0.3) is 0 Å². The first-order valence-electron chi connectivity index (χ1n) is 10.2. The average molecular weight is 424 g/mol. The fourth-order valence-corrected chi connectivity index (χ4v) is 3.54. The quantitative estimate of drug-likeness (QED) is 0.423. The summed E-state index contributed by atoms with van der Waals surface area (Å²) in [5.41, 5.74) is 5.22. The Bertz CT molecular complexity index is 989. The molecule has 0 radical (unpaired) electrons. The van der Waals surface area contributed by atoms with Crippen molar-refractivity contribution >= 4 is 17.7 Å².